The number of carbonyl (C=O) groups is 2. The summed E-state index contributed by atoms with van der Waals surface area (Å²) in [5.41, 5.74) is -0.887. The number of carboxylic acids is 1. The molecule has 0 bridgehead atoms. The molecule has 2 fully saturated rings. The van der Waals surface area contributed by atoms with Crippen LogP contribution < -0.4 is 4.74 Å². The van der Waals surface area contributed by atoms with Crippen LogP contribution in [0.1, 0.15) is 38.5 Å². The Labute approximate surface area is 144 Å². The molecule has 5 nitrogen and oxygen atoms in total. The van der Waals surface area contributed by atoms with E-state index in [-0.39, 0.29) is 24.2 Å². The fraction of sp³-hybridized carbons (Fsp3) is 0.556. The fourth-order valence-corrected chi connectivity index (χ4v) is 3.44. The number of carbonyl (C=O) groups excluding carboxylic acids is 1. The van der Waals surface area contributed by atoms with Crippen LogP contribution in [0.25, 0.3) is 0 Å². The van der Waals surface area contributed by atoms with E-state index in [2.05, 4.69) is 0 Å². The lowest BCUT2D eigenvalue weighted by Gasteiger charge is -2.39. The van der Waals surface area contributed by atoms with E-state index < -0.39 is 23.0 Å². The maximum atomic E-state index is 13.6. The Morgan fingerprint density at radius 3 is 2.44 bits per heavy atom. The average Bonchev–Trinajstić information content (AvgIpc) is 2.53. The first-order chi connectivity index (χ1) is 11.9. The molecule has 2 aliphatic rings. The molecule has 0 radical (unpaired) electrons. The van der Waals surface area contributed by atoms with Crippen molar-refractivity contribution in [3.05, 3.63) is 29.8 Å². The molecule has 1 aromatic rings. The van der Waals surface area contributed by atoms with Crippen molar-refractivity contribution in [1.82, 2.24) is 4.90 Å². The molecule has 1 heterocycles. The van der Waals surface area contributed by atoms with Gasteiger partial charge in [-0.3, -0.25) is 9.59 Å². The topological polar surface area (TPSA) is 66.8 Å². The van der Waals surface area contributed by atoms with Crippen molar-refractivity contribution in [3.8, 4) is 5.75 Å². The molecule has 7 heteroatoms. The van der Waals surface area contributed by atoms with Crippen molar-refractivity contribution in [2.45, 2.75) is 44.6 Å². The Morgan fingerprint density at radius 2 is 1.92 bits per heavy atom. The van der Waals surface area contributed by atoms with Crippen molar-refractivity contribution in [2.24, 2.45) is 5.41 Å². The summed E-state index contributed by atoms with van der Waals surface area (Å²) in [6.07, 6.45) is 2.81. The maximum absolute atomic E-state index is 13.6. The van der Waals surface area contributed by atoms with E-state index in [1.165, 1.54) is 6.07 Å². The molecule has 1 saturated heterocycles. The highest BCUT2D eigenvalue weighted by Gasteiger charge is 2.46. The Balaban J connectivity index is 1.51. The van der Waals surface area contributed by atoms with E-state index in [4.69, 9.17) is 4.74 Å². The molecule has 1 amide bonds. The van der Waals surface area contributed by atoms with Gasteiger partial charge in [-0.25, -0.2) is 8.78 Å². The van der Waals surface area contributed by atoms with Crippen molar-refractivity contribution in [2.75, 3.05) is 13.1 Å². The fourth-order valence-electron chi connectivity index (χ4n) is 3.44. The van der Waals surface area contributed by atoms with Crippen LogP contribution in [0, 0.1) is 17.0 Å². The summed E-state index contributed by atoms with van der Waals surface area (Å²) in [5, 5.41) is 9.33. The summed E-state index contributed by atoms with van der Waals surface area (Å²) in [7, 11) is 0. The minimum Gasteiger partial charge on any atom is -0.487 e. The predicted octanol–water partition coefficient (Wildman–Crippen LogP) is 2.98. The SMILES string of the molecule is O=C(CC1(C(=O)O)CCC1)N1CCC(Oc2ccc(F)cc2F)CC1. The van der Waals surface area contributed by atoms with Crippen molar-refractivity contribution >= 4 is 11.9 Å². The van der Waals surface area contributed by atoms with E-state index in [0.717, 1.165) is 18.6 Å². The number of nitrogens with zero attached hydrogens (tertiary/aromatic N) is 1. The first-order valence-electron chi connectivity index (χ1n) is 8.52. The van der Waals surface area contributed by atoms with Crippen LogP contribution in [0.5, 0.6) is 5.75 Å². The van der Waals surface area contributed by atoms with Gasteiger partial charge in [-0.2, -0.15) is 0 Å². The summed E-state index contributed by atoms with van der Waals surface area (Å²) >= 11 is 0. The number of benzene rings is 1. The number of ether oxygens (including phenoxy) is 1. The quantitative estimate of drug-likeness (QED) is 0.884. The largest absolute Gasteiger partial charge is 0.487 e. The predicted molar refractivity (Wildman–Crippen MR) is 85.1 cm³/mol. The molecule has 25 heavy (non-hydrogen) atoms. The number of carboxylic acid groups (broad SMARTS) is 1. The third-order valence-corrected chi connectivity index (χ3v) is 5.24. The minimum absolute atomic E-state index is 0.00507. The maximum Gasteiger partial charge on any atom is 0.310 e. The van der Waals surface area contributed by atoms with Crippen LogP contribution in [0.3, 0.4) is 0 Å². The van der Waals surface area contributed by atoms with Crippen molar-refractivity contribution in [3.63, 3.8) is 0 Å². The Morgan fingerprint density at radius 1 is 1.24 bits per heavy atom. The summed E-state index contributed by atoms with van der Waals surface area (Å²) in [6, 6.07) is 3.17. The van der Waals surface area contributed by atoms with Gasteiger partial charge in [0.15, 0.2) is 11.6 Å². The molecular weight excluding hydrogens is 332 g/mol. The zero-order valence-corrected chi connectivity index (χ0v) is 13.8. The summed E-state index contributed by atoms with van der Waals surface area (Å²) in [6.45, 7) is 0.893. The van der Waals surface area contributed by atoms with Crippen LogP contribution in [-0.4, -0.2) is 41.1 Å². The third kappa shape index (κ3) is 3.75. The van der Waals surface area contributed by atoms with Gasteiger partial charge in [0.1, 0.15) is 11.9 Å². The molecule has 1 N–H and O–H groups in total. The van der Waals surface area contributed by atoms with Gasteiger partial charge in [-0.15, -0.1) is 0 Å². The van der Waals surface area contributed by atoms with E-state index >= 15 is 0 Å². The Hall–Kier alpha value is -2.18. The highest BCUT2D eigenvalue weighted by molar-refractivity contribution is 5.85. The second kappa shape index (κ2) is 6.98. The van der Waals surface area contributed by atoms with Gasteiger partial charge in [0, 0.05) is 38.4 Å². The summed E-state index contributed by atoms with van der Waals surface area (Å²) in [5.74, 6) is -2.43. The normalized spacial score (nSPS) is 20.0. The second-order valence-electron chi connectivity index (χ2n) is 6.89. The van der Waals surface area contributed by atoms with Crippen LogP contribution in [-0.2, 0) is 9.59 Å². The van der Waals surface area contributed by atoms with Crippen molar-refractivity contribution in [1.29, 1.82) is 0 Å². The number of hydrogen-bond donors (Lipinski definition) is 1. The lowest BCUT2D eigenvalue weighted by molar-refractivity contribution is -0.160. The lowest BCUT2D eigenvalue weighted by Crippen LogP contribution is -2.47. The second-order valence-corrected chi connectivity index (χ2v) is 6.89. The number of halogens is 2. The zero-order valence-electron chi connectivity index (χ0n) is 13.8. The minimum atomic E-state index is -0.892. The van der Waals surface area contributed by atoms with Gasteiger partial charge in [-0.1, -0.05) is 6.42 Å². The van der Waals surface area contributed by atoms with Crippen LogP contribution >= 0.6 is 0 Å². The molecule has 0 aromatic heterocycles. The van der Waals surface area contributed by atoms with Gasteiger partial charge in [0.05, 0.1) is 5.41 Å². The highest BCUT2D eigenvalue weighted by Crippen LogP contribution is 2.44. The number of aliphatic carboxylic acids is 1. The van der Waals surface area contributed by atoms with Crippen molar-refractivity contribution < 1.29 is 28.2 Å². The molecule has 1 aromatic carbocycles. The zero-order chi connectivity index (χ0) is 18.0. The average molecular weight is 353 g/mol. The summed E-state index contributed by atoms with van der Waals surface area (Å²) in [4.78, 5) is 25.4. The number of likely N-dealkylation sites (tertiary alicyclic amines) is 1. The molecule has 3 rings (SSSR count). The molecule has 0 spiro atoms. The van der Waals surface area contributed by atoms with E-state index in [1.807, 2.05) is 0 Å². The first-order valence-corrected chi connectivity index (χ1v) is 8.52. The standard InChI is InChI=1S/C18H21F2NO4/c19-12-2-3-15(14(20)10-12)25-13-4-8-21(9-5-13)16(22)11-18(17(23)24)6-1-7-18/h2-3,10,13H,1,4-9,11H2,(H,23,24). The molecule has 1 aliphatic heterocycles. The van der Waals surface area contributed by atoms with Gasteiger partial charge >= 0.3 is 5.97 Å². The van der Waals surface area contributed by atoms with Crippen LogP contribution in [0.4, 0.5) is 8.78 Å². The highest BCUT2D eigenvalue weighted by atomic mass is 19.1. The van der Waals surface area contributed by atoms with Crippen LogP contribution in [0.15, 0.2) is 18.2 Å². The van der Waals surface area contributed by atoms with E-state index in [1.54, 1.807) is 4.90 Å². The van der Waals surface area contributed by atoms with Gasteiger partial charge in [0.25, 0.3) is 0 Å². The summed E-state index contributed by atoms with van der Waals surface area (Å²) < 4.78 is 32.1. The Bertz CT molecular complexity index is 667. The van der Waals surface area contributed by atoms with E-state index in [0.29, 0.717) is 38.8 Å². The van der Waals surface area contributed by atoms with Gasteiger partial charge in [-0.05, 0) is 25.0 Å². The lowest BCUT2D eigenvalue weighted by atomic mass is 9.66. The number of rotatable bonds is 5. The molecular formula is C18H21F2NO4. The van der Waals surface area contributed by atoms with Gasteiger partial charge < -0.3 is 14.7 Å². The van der Waals surface area contributed by atoms with Crippen LogP contribution in [0.2, 0.25) is 0 Å². The number of hydrogen-bond acceptors (Lipinski definition) is 3. The molecule has 1 aliphatic carbocycles. The Kier molecular flexibility index (Phi) is 4.92. The first kappa shape index (κ1) is 17.6. The molecule has 0 unspecified atom stereocenters. The van der Waals surface area contributed by atoms with Gasteiger partial charge in [0.2, 0.25) is 5.91 Å². The number of piperidine rings is 1. The monoisotopic (exact) mass is 353 g/mol. The third-order valence-electron chi connectivity index (χ3n) is 5.24. The number of amides is 1. The van der Waals surface area contributed by atoms with E-state index in [9.17, 15) is 23.5 Å². The molecule has 136 valence electrons. The smallest absolute Gasteiger partial charge is 0.310 e. The molecule has 1 saturated carbocycles. The molecule has 0 atom stereocenters.